The third-order valence-corrected chi connectivity index (χ3v) is 5.33. The van der Waals surface area contributed by atoms with Crippen LogP contribution in [-0.2, 0) is 17.8 Å². The van der Waals surface area contributed by atoms with Gasteiger partial charge in [0.05, 0.1) is 6.61 Å². The second kappa shape index (κ2) is 8.68. The van der Waals surface area contributed by atoms with Crippen molar-refractivity contribution in [1.29, 1.82) is 0 Å². The summed E-state index contributed by atoms with van der Waals surface area (Å²) in [4.78, 5) is 15.1. The third kappa shape index (κ3) is 5.44. The summed E-state index contributed by atoms with van der Waals surface area (Å²) in [6.07, 6.45) is 2.10. The Labute approximate surface area is 151 Å². The summed E-state index contributed by atoms with van der Waals surface area (Å²) >= 11 is 0. The molecule has 0 aliphatic carbocycles. The van der Waals surface area contributed by atoms with E-state index in [1.54, 1.807) is 4.90 Å². The number of amides is 1. The van der Waals surface area contributed by atoms with E-state index in [-0.39, 0.29) is 5.91 Å². The highest BCUT2D eigenvalue weighted by molar-refractivity contribution is 5.76. The largest absolute Gasteiger partial charge is 0.493 e. The van der Waals surface area contributed by atoms with Gasteiger partial charge < -0.3 is 19.9 Å². The summed E-state index contributed by atoms with van der Waals surface area (Å²) < 4.78 is 5.59. The van der Waals surface area contributed by atoms with Crippen molar-refractivity contribution < 1.29 is 19.3 Å². The lowest BCUT2D eigenvalue weighted by Crippen LogP contribution is -3.28. The Hall–Kier alpha value is -1.59. The van der Waals surface area contributed by atoms with Gasteiger partial charge in [0, 0.05) is 18.5 Å². The summed E-state index contributed by atoms with van der Waals surface area (Å²) in [6, 6.07) is 6.65. The highest BCUT2D eigenvalue weighted by Gasteiger charge is 2.25. The number of carbonyl (C=O) groups excluding carboxylic acids is 1. The third-order valence-electron chi connectivity index (χ3n) is 5.33. The molecule has 25 heavy (non-hydrogen) atoms. The normalized spacial score (nSPS) is 22.5. The van der Waals surface area contributed by atoms with E-state index in [1.807, 2.05) is 0 Å². The Morgan fingerprint density at radius 1 is 1.20 bits per heavy atom. The molecule has 2 aliphatic rings. The van der Waals surface area contributed by atoms with Gasteiger partial charge in [-0.15, -0.1) is 0 Å². The Bertz CT molecular complexity index is 580. The van der Waals surface area contributed by atoms with E-state index in [9.17, 15) is 4.79 Å². The van der Waals surface area contributed by atoms with Gasteiger partial charge in [0.25, 0.3) is 5.91 Å². The standard InChI is InChI=1S/C20H31N3O2/c1-16(2)5-7-21-20(24)15-23-10-8-22(9-11-23)14-17-3-4-19-18(13-17)6-12-25-19/h3-4,13,16H,5-12,14-15H2,1-2H3,(H,21,24)/p+2. The van der Waals surface area contributed by atoms with E-state index < -0.39 is 0 Å². The van der Waals surface area contributed by atoms with Gasteiger partial charge in [-0.3, -0.25) is 4.79 Å². The van der Waals surface area contributed by atoms with Crippen molar-refractivity contribution in [3.05, 3.63) is 29.3 Å². The first-order valence-electron chi connectivity index (χ1n) is 9.78. The lowest BCUT2D eigenvalue weighted by Gasteiger charge is -2.29. The van der Waals surface area contributed by atoms with Gasteiger partial charge in [-0.25, -0.2) is 0 Å². The molecule has 3 N–H and O–H groups in total. The van der Waals surface area contributed by atoms with Crippen LogP contribution < -0.4 is 19.9 Å². The zero-order chi connectivity index (χ0) is 17.6. The molecule has 3 rings (SSSR count). The molecule has 1 aromatic carbocycles. The van der Waals surface area contributed by atoms with Crippen molar-refractivity contribution in [2.75, 3.05) is 45.9 Å². The van der Waals surface area contributed by atoms with Crippen molar-refractivity contribution in [2.24, 2.45) is 5.92 Å². The monoisotopic (exact) mass is 347 g/mol. The fourth-order valence-electron chi connectivity index (χ4n) is 3.74. The first kappa shape index (κ1) is 18.2. The van der Waals surface area contributed by atoms with E-state index in [4.69, 9.17) is 4.74 Å². The number of benzene rings is 1. The molecule has 0 bridgehead atoms. The maximum atomic E-state index is 12.0. The lowest BCUT2D eigenvalue weighted by molar-refractivity contribution is -1.02. The van der Waals surface area contributed by atoms with E-state index in [1.165, 1.54) is 16.0 Å². The maximum Gasteiger partial charge on any atom is 0.275 e. The van der Waals surface area contributed by atoms with E-state index in [0.29, 0.717) is 12.5 Å². The fraction of sp³-hybridized carbons (Fsp3) is 0.650. The fourth-order valence-corrected chi connectivity index (χ4v) is 3.74. The van der Waals surface area contributed by atoms with Crippen molar-refractivity contribution in [3.8, 4) is 5.75 Å². The number of rotatable bonds is 7. The lowest BCUT2D eigenvalue weighted by atomic mass is 10.1. The number of hydrogen-bond donors (Lipinski definition) is 3. The van der Waals surface area contributed by atoms with E-state index >= 15 is 0 Å². The van der Waals surface area contributed by atoms with Crippen LogP contribution in [-0.4, -0.2) is 51.8 Å². The van der Waals surface area contributed by atoms with E-state index in [2.05, 4.69) is 37.4 Å². The number of nitrogens with one attached hydrogen (secondary N) is 3. The highest BCUT2D eigenvalue weighted by atomic mass is 16.5. The second-order valence-corrected chi connectivity index (χ2v) is 7.93. The van der Waals surface area contributed by atoms with Crippen molar-refractivity contribution in [3.63, 3.8) is 0 Å². The molecule has 0 aromatic heterocycles. The molecule has 0 spiro atoms. The van der Waals surface area contributed by atoms with Crippen LogP contribution in [0.25, 0.3) is 0 Å². The average molecular weight is 348 g/mol. The molecule has 0 radical (unpaired) electrons. The zero-order valence-corrected chi connectivity index (χ0v) is 15.7. The molecule has 0 atom stereocenters. The molecule has 2 aliphatic heterocycles. The zero-order valence-electron chi connectivity index (χ0n) is 15.7. The van der Waals surface area contributed by atoms with Crippen LogP contribution in [0.2, 0.25) is 0 Å². The summed E-state index contributed by atoms with van der Waals surface area (Å²) in [5, 5.41) is 3.06. The predicted octanol–water partition coefficient (Wildman–Crippen LogP) is -0.933. The van der Waals surface area contributed by atoms with Gasteiger partial charge in [-0.1, -0.05) is 13.8 Å². The predicted molar refractivity (Wildman–Crippen MR) is 98.1 cm³/mol. The van der Waals surface area contributed by atoms with Gasteiger partial charge in [0.15, 0.2) is 6.54 Å². The number of hydrogen-bond acceptors (Lipinski definition) is 2. The first-order valence-corrected chi connectivity index (χ1v) is 9.78. The summed E-state index contributed by atoms with van der Waals surface area (Å²) in [7, 11) is 0. The minimum atomic E-state index is 0.206. The Morgan fingerprint density at radius 3 is 2.72 bits per heavy atom. The minimum absolute atomic E-state index is 0.206. The van der Waals surface area contributed by atoms with Gasteiger partial charge in [-0.05, 0) is 36.1 Å². The van der Waals surface area contributed by atoms with Crippen molar-refractivity contribution in [2.45, 2.75) is 33.2 Å². The summed E-state index contributed by atoms with van der Waals surface area (Å²) in [5.74, 6) is 1.92. The second-order valence-electron chi connectivity index (χ2n) is 7.93. The van der Waals surface area contributed by atoms with Gasteiger partial charge >= 0.3 is 0 Å². The number of ether oxygens (including phenoxy) is 1. The van der Waals surface area contributed by atoms with Gasteiger partial charge in [-0.2, -0.15) is 0 Å². The Morgan fingerprint density at radius 2 is 1.96 bits per heavy atom. The highest BCUT2D eigenvalue weighted by Crippen LogP contribution is 2.25. The molecule has 1 saturated heterocycles. The molecule has 138 valence electrons. The molecule has 5 heteroatoms. The van der Waals surface area contributed by atoms with Crippen LogP contribution >= 0.6 is 0 Å². The van der Waals surface area contributed by atoms with Gasteiger partial charge in [0.2, 0.25) is 0 Å². The molecular formula is C20H33N3O2+2. The topological polar surface area (TPSA) is 47.2 Å². The average Bonchev–Trinajstić information content (AvgIpc) is 3.04. The van der Waals surface area contributed by atoms with Crippen LogP contribution in [0.4, 0.5) is 0 Å². The minimum Gasteiger partial charge on any atom is -0.493 e. The van der Waals surface area contributed by atoms with Crippen molar-refractivity contribution in [1.82, 2.24) is 5.32 Å². The Kier molecular flexibility index (Phi) is 6.32. The molecule has 0 saturated carbocycles. The maximum absolute atomic E-state index is 12.0. The van der Waals surface area contributed by atoms with Crippen molar-refractivity contribution >= 4 is 5.91 Å². The first-order chi connectivity index (χ1) is 12.1. The molecule has 5 nitrogen and oxygen atoms in total. The van der Waals surface area contributed by atoms with Crippen LogP contribution in [0, 0.1) is 5.92 Å². The van der Waals surface area contributed by atoms with Crippen LogP contribution in [0.15, 0.2) is 18.2 Å². The van der Waals surface area contributed by atoms with Gasteiger partial charge in [0.1, 0.15) is 38.5 Å². The molecule has 1 aromatic rings. The molecule has 1 fully saturated rings. The van der Waals surface area contributed by atoms with Crippen LogP contribution in [0.1, 0.15) is 31.4 Å². The number of carbonyl (C=O) groups is 1. The summed E-state index contributed by atoms with van der Waals surface area (Å²) in [5.41, 5.74) is 2.77. The summed E-state index contributed by atoms with van der Waals surface area (Å²) in [6.45, 7) is 12.2. The smallest absolute Gasteiger partial charge is 0.275 e. The number of quaternary nitrogens is 2. The molecular weight excluding hydrogens is 314 g/mol. The van der Waals surface area contributed by atoms with Crippen LogP contribution in [0.3, 0.4) is 0 Å². The quantitative estimate of drug-likeness (QED) is 0.597. The molecule has 1 amide bonds. The Balaban J connectivity index is 1.38. The SMILES string of the molecule is CC(C)CCNC(=O)C[NH+]1CC[NH+](Cc2ccc3c(c2)CCO3)CC1. The van der Waals surface area contributed by atoms with E-state index in [0.717, 1.165) is 64.5 Å². The van der Waals surface area contributed by atoms with Crippen LogP contribution in [0.5, 0.6) is 5.75 Å². The molecule has 2 heterocycles. The number of fused-ring (bicyclic) bond motifs is 1. The number of piperazine rings is 1. The molecule has 0 unspecified atom stereocenters.